The molecule has 1 heterocycles. The van der Waals surface area contributed by atoms with Crippen LogP contribution < -0.4 is 5.32 Å². The van der Waals surface area contributed by atoms with E-state index in [9.17, 15) is 13.6 Å². The molecule has 0 aromatic heterocycles. The summed E-state index contributed by atoms with van der Waals surface area (Å²) in [5, 5.41) is 2.46. The Balaban J connectivity index is 2.49. The topological polar surface area (TPSA) is 29.1 Å². The Morgan fingerprint density at radius 1 is 1.31 bits per heavy atom. The van der Waals surface area contributed by atoms with E-state index in [4.69, 9.17) is 0 Å². The predicted octanol–water partition coefficient (Wildman–Crippen LogP) is 2.01. The van der Waals surface area contributed by atoms with Crippen LogP contribution in [0.1, 0.15) is 0 Å². The highest BCUT2D eigenvalue weighted by atomic mass is 32.2. The van der Waals surface area contributed by atoms with E-state index in [0.717, 1.165) is 12.1 Å². The molecule has 1 aliphatic rings. The van der Waals surface area contributed by atoms with E-state index >= 15 is 0 Å². The summed E-state index contributed by atoms with van der Waals surface area (Å²) in [5.74, 6) is -1.77. The first-order valence-electron chi connectivity index (χ1n) is 3.58. The summed E-state index contributed by atoms with van der Waals surface area (Å²) in [5.41, 5.74) is 0.347. The molecular weight excluding hydrogens is 196 g/mol. The highest BCUT2D eigenvalue weighted by Crippen LogP contribution is 2.32. The Bertz CT molecular complexity index is 381. The fraction of sp³-hybridized carbons (Fsp3) is 0.125. The molecule has 1 N–H and O–H groups in total. The standard InChI is InChI=1S/C8H5F2NOS/c9-4-1-6-7(2-5(4)10)13-3-8(12)11-6/h1-2H,3H2,(H,11,12). The summed E-state index contributed by atoms with van der Waals surface area (Å²) in [6, 6.07) is 2.09. The van der Waals surface area contributed by atoms with Crippen LogP contribution >= 0.6 is 11.8 Å². The number of anilines is 1. The maximum atomic E-state index is 12.7. The van der Waals surface area contributed by atoms with Gasteiger partial charge in [0, 0.05) is 11.0 Å². The van der Waals surface area contributed by atoms with Crippen LogP contribution in [0.2, 0.25) is 0 Å². The largest absolute Gasteiger partial charge is 0.324 e. The van der Waals surface area contributed by atoms with E-state index in [1.165, 1.54) is 11.8 Å². The minimum atomic E-state index is -0.943. The van der Waals surface area contributed by atoms with Gasteiger partial charge in [-0.1, -0.05) is 0 Å². The lowest BCUT2D eigenvalue weighted by Gasteiger charge is -2.15. The number of halogens is 2. The molecule has 0 saturated carbocycles. The number of amides is 1. The number of carbonyl (C=O) groups excluding carboxylic acids is 1. The first-order valence-corrected chi connectivity index (χ1v) is 4.57. The molecule has 1 aromatic rings. The quantitative estimate of drug-likeness (QED) is 0.695. The molecular formula is C8H5F2NOS. The Labute approximate surface area is 77.3 Å². The van der Waals surface area contributed by atoms with E-state index in [0.29, 0.717) is 10.6 Å². The van der Waals surface area contributed by atoms with Gasteiger partial charge in [-0.3, -0.25) is 4.79 Å². The maximum Gasteiger partial charge on any atom is 0.234 e. The van der Waals surface area contributed by atoms with Gasteiger partial charge >= 0.3 is 0 Å². The third-order valence-electron chi connectivity index (χ3n) is 1.66. The zero-order valence-corrected chi connectivity index (χ0v) is 7.25. The van der Waals surface area contributed by atoms with Crippen LogP contribution in [-0.2, 0) is 4.79 Å². The van der Waals surface area contributed by atoms with Crippen LogP contribution in [0.25, 0.3) is 0 Å². The number of rotatable bonds is 0. The molecule has 68 valence electrons. The lowest BCUT2D eigenvalue weighted by Crippen LogP contribution is -2.18. The fourth-order valence-corrected chi connectivity index (χ4v) is 1.89. The Morgan fingerprint density at radius 3 is 2.77 bits per heavy atom. The van der Waals surface area contributed by atoms with E-state index < -0.39 is 11.6 Å². The zero-order valence-electron chi connectivity index (χ0n) is 6.43. The molecule has 0 radical (unpaired) electrons. The van der Waals surface area contributed by atoms with Gasteiger partial charge in [0.25, 0.3) is 0 Å². The van der Waals surface area contributed by atoms with Gasteiger partial charge in [-0.05, 0) is 6.07 Å². The summed E-state index contributed by atoms with van der Waals surface area (Å²) in [7, 11) is 0. The van der Waals surface area contributed by atoms with Crippen molar-refractivity contribution >= 4 is 23.4 Å². The predicted molar refractivity (Wildman–Crippen MR) is 45.7 cm³/mol. The highest BCUT2D eigenvalue weighted by molar-refractivity contribution is 8.00. The zero-order chi connectivity index (χ0) is 9.42. The molecule has 2 rings (SSSR count). The van der Waals surface area contributed by atoms with Crippen molar-refractivity contribution in [3.8, 4) is 0 Å². The van der Waals surface area contributed by atoms with Crippen molar-refractivity contribution in [3.63, 3.8) is 0 Å². The molecule has 0 aliphatic carbocycles. The first-order chi connectivity index (χ1) is 6.16. The van der Waals surface area contributed by atoms with E-state index in [2.05, 4.69) is 5.32 Å². The van der Waals surface area contributed by atoms with Gasteiger partial charge < -0.3 is 5.32 Å². The van der Waals surface area contributed by atoms with Crippen LogP contribution in [0.5, 0.6) is 0 Å². The van der Waals surface area contributed by atoms with Crippen LogP contribution in [0, 0.1) is 11.6 Å². The van der Waals surface area contributed by atoms with Crippen molar-refractivity contribution in [1.29, 1.82) is 0 Å². The second-order valence-electron chi connectivity index (χ2n) is 2.60. The van der Waals surface area contributed by atoms with Crippen LogP contribution in [0.3, 0.4) is 0 Å². The van der Waals surface area contributed by atoms with Gasteiger partial charge in [0.15, 0.2) is 11.6 Å². The van der Waals surface area contributed by atoms with Gasteiger partial charge in [0.1, 0.15) is 0 Å². The Morgan fingerprint density at radius 2 is 2.00 bits per heavy atom. The molecule has 0 spiro atoms. The van der Waals surface area contributed by atoms with E-state index in [1.54, 1.807) is 0 Å². The minimum absolute atomic E-state index is 0.191. The normalized spacial score (nSPS) is 15.1. The summed E-state index contributed by atoms with van der Waals surface area (Å²) in [4.78, 5) is 11.4. The SMILES string of the molecule is O=C1CSc2cc(F)c(F)cc2N1. The third-order valence-corrected chi connectivity index (χ3v) is 2.71. The third kappa shape index (κ3) is 1.51. The van der Waals surface area contributed by atoms with Gasteiger partial charge in [0.05, 0.1) is 11.4 Å². The average Bonchev–Trinajstić information content (AvgIpc) is 2.08. The van der Waals surface area contributed by atoms with Crippen molar-refractivity contribution in [3.05, 3.63) is 23.8 Å². The molecule has 0 unspecified atom stereocenters. The maximum absolute atomic E-state index is 12.7. The smallest absolute Gasteiger partial charge is 0.234 e. The molecule has 1 amide bonds. The highest BCUT2D eigenvalue weighted by Gasteiger charge is 2.17. The Hall–Kier alpha value is -1.10. The van der Waals surface area contributed by atoms with Crippen molar-refractivity contribution in [2.45, 2.75) is 4.90 Å². The summed E-state index contributed by atoms with van der Waals surface area (Å²) >= 11 is 1.20. The van der Waals surface area contributed by atoms with Crippen LogP contribution in [-0.4, -0.2) is 11.7 Å². The van der Waals surface area contributed by atoms with Crippen molar-refractivity contribution in [1.82, 2.24) is 0 Å². The average molecular weight is 201 g/mol. The lowest BCUT2D eigenvalue weighted by molar-refractivity contribution is -0.113. The molecule has 13 heavy (non-hydrogen) atoms. The molecule has 0 fully saturated rings. The van der Waals surface area contributed by atoms with Crippen molar-refractivity contribution in [2.75, 3.05) is 11.1 Å². The number of hydrogen-bond acceptors (Lipinski definition) is 2. The number of nitrogens with one attached hydrogen (secondary N) is 1. The number of hydrogen-bond donors (Lipinski definition) is 1. The number of thioether (sulfide) groups is 1. The van der Waals surface area contributed by atoms with Gasteiger partial charge in [-0.15, -0.1) is 11.8 Å². The molecule has 1 aromatic carbocycles. The molecule has 2 nitrogen and oxygen atoms in total. The van der Waals surface area contributed by atoms with Gasteiger partial charge in [0.2, 0.25) is 5.91 Å². The van der Waals surface area contributed by atoms with Crippen molar-refractivity contribution < 1.29 is 13.6 Å². The second kappa shape index (κ2) is 2.99. The van der Waals surface area contributed by atoms with Gasteiger partial charge in [-0.2, -0.15) is 0 Å². The molecule has 0 saturated heterocycles. The van der Waals surface area contributed by atoms with E-state index in [-0.39, 0.29) is 11.7 Å². The Kier molecular flexibility index (Phi) is 1.95. The van der Waals surface area contributed by atoms with Crippen LogP contribution in [0.15, 0.2) is 17.0 Å². The summed E-state index contributed by atoms with van der Waals surface area (Å²) in [6.45, 7) is 0. The first kappa shape index (κ1) is 8.50. The van der Waals surface area contributed by atoms with E-state index in [1.807, 2.05) is 0 Å². The number of carbonyl (C=O) groups is 1. The molecule has 1 aliphatic heterocycles. The summed E-state index contributed by atoms with van der Waals surface area (Å²) in [6.07, 6.45) is 0. The fourth-order valence-electron chi connectivity index (χ4n) is 1.08. The number of fused-ring (bicyclic) bond motifs is 1. The summed E-state index contributed by atoms with van der Waals surface area (Å²) < 4.78 is 25.4. The second-order valence-corrected chi connectivity index (χ2v) is 3.62. The molecule has 0 atom stereocenters. The van der Waals surface area contributed by atoms with Crippen LogP contribution in [0.4, 0.5) is 14.5 Å². The molecule has 0 bridgehead atoms. The van der Waals surface area contributed by atoms with Crippen molar-refractivity contribution in [2.24, 2.45) is 0 Å². The van der Waals surface area contributed by atoms with Gasteiger partial charge in [-0.25, -0.2) is 8.78 Å². The minimum Gasteiger partial charge on any atom is -0.324 e. The number of benzene rings is 1. The molecule has 5 heteroatoms. The monoisotopic (exact) mass is 201 g/mol. The lowest BCUT2D eigenvalue weighted by atomic mass is 10.3.